The molecule has 0 aliphatic rings. The molecular weight excluding hydrogens is 262 g/mol. The molecule has 0 saturated carbocycles. The fourth-order valence-electron chi connectivity index (χ4n) is 2.04. The van der Waals surface area contributed by atoms with Gasteiger partial charge in [0.25, 0.3) is 0 Å². The van der Waals surface area contributed by atoms with E-state index >= 15 is 0 Å². The first-order valence-electron chi connectivity index (χ1n) is 6.22. The summed E-state index contributed by atoms with van der Waals surface area (Å²) < 4.78 is 7.17. The number of halogens is 1. The third-order valence-electron chi connectivity index (χ3n) is 3.31. The molecule has 1 heterocycles. The Balaban J connectivity index is 2.49. The van der Waals surface area contributed by atoms with Crippen molar-refractivity contribution in [3.8, 4) is 11.4 Å². The summed E-state index contributed by atoms with van der Waals surface area (Å²) in [5, 5.41) is 8.45. The van der Waals surface area contributed by atoms with Crippen LogP contribution in [0.4, 0.5) is 0 Å². The Bertz CT molecular complexity index is 566. The molecule has 0 bridgehead atoms. The molecule has 102 valence electrons. The van der Waals surface area contributed by atoms with Gasteiger partial charge in [0.15, 0.2) is 5.82 Å². The smallest absolute Gasteiger partial charge is 0.164 e. The molecular formula is C14H18ClN3O. The number of alkyl halides is 1. The zero-order valence-corrected chi connectivity index (χ0v) is 12.2. The predicted octanol–water partition coefficient (Wildman–Crippen LogP) is 2.95. The van der Waals surface area contributed by atoms with E-state index in [0.29, 0.717) is 19.0 Å². The summed E-state index contributed by atoms with van der Waals surface area (Å²) in [5.41, 5.74) is 3.56. The van der Waals surface area contributed by atoms with Crippen LogP contribution in [0.2, 0.25) is 0 Å². The molecule has 1 aromatic carbocycles. The van der Waals surface area contributed by atoms with E-state index in [1.807, 2.05) is 10.6 Å². The van der Waals surface area contributed by atoms with E-state index < -0.39 is 0 Å². The third kappa shape index (κ3) is 2.80. The molecule has 19 heavy (non-hydrogen) atoms. The molecule has 0 atom stereocenters. The topological polar surface area (TPSA) is 39.9 Å². The zero-order valence-electron chi connectivity index (χ0n) is 11.5. The lowest BCUT2D eigenvalue weighted by molar-refractivity contribution is 0.187. The standard InChI is InChI=1S/C14H18ClN3O/c1-10-5-4-6-12(11(10)2)14-17-16-13(9-15)18(14)7-8-19-3/h4-6H,7-9H2,1-3H3. The van der Waals surface area contributed by atoms with Crippen molar-refractivity contribution in [1.29, 1.82) is 0 Å². The van der Waals surface area contributed by atoms with Crippen LogP contribution in [0.5, 0.6) is 0 Å². The van der Waals surface area contributed by atoms with Crippen LogP contribution in [0.1, 0.15) is 17.0 Å². The van der Waals surface area contributed by atoms with Crippen molar-refractivity contribution in [3.05, 3.63) is 35.2 Å². The molecule has 0 N–H and O–H groups in total. The van der Waals surface area contributed by atoms with Crippen LogP contribution in [0.3, 0.4) is 0 Å². The van der Waals surface area contributed by atoms with Crippen LogP contribution in [0.25, 0.3) is 11.4 Å². The predicted molar refractivity (Wildman–Crippen MR) is 76.4 cm³/mol. The summed E-state index contributed by atoms with van der Waals surface area (Å²) in [5.74, 6) is 1.98. The van der Waals surface area contributed by atoms with Crippen molar-refractivity contribution in [1.82, 2.24) is 14.8 Å². The summed E-state index contributed by atoms with van der Waals surface area (Å²) in [6.07, 6.45) is 0. The van der Waals surface area contributed by atoms with Crippen molar-refractivity contribution in [2.45, 2.75) is 26.3 Å². The van der Waals surface area contributed by atoms with Crippen LogP contribution < -0.4 is 0 Å². The minimum absolute atomic E-state index is 0.349. The van der Waals surface area contributed by atoms with Gasteiger partial charge >= 0.3 is 0 Å². The lowest BCUT2D eigenvalue weighted by Crippen LogP contribution is -2.09. The highest BCUT2D eigenvalue weighted by atomic mass is 35.5. The molecule has 1 aromatic heterocycles. The van der Waals surface area contributed by atoms with Crippen molar-refractivity contribution in [3.63, 3.8) is 0 Å². The van der Waals surface area contributed by atoms with Crippen molar-refractivity contribution >= 4 is 11.6 Å². The largest absolute Gasteiger partial charge is 0.383 e. The van der Waals surface area contributed by atoms with Gasteiger partial charge in [0, 0.05) is 19.2 Å². The monoisotopic (exact) mass is 279 g/mol. The lowest BCUT2D eigenvalue weighted by Gasteiger charge is -2.11. The van der Waals surface area contributed by atoms with Crippen LogP contribution in [0, 0.1) is 13.8 Å². The molecule has 0 amide bonds. The van der Waals surface area contributed by atoms with Gasteiger partial charge < -0.3 is 9.30 Å². The van der Waals surface area contributed by atoms with Crippen molar-refractivity contribution in [2.75, 3.05) is 13.7 Å². The molecule has 2 aromatic rings. The van der Waals surface area contributed by atoms with Crippen LogP contribution in [-0.2, 0) is 17.2 Å². The van der Waals surface area contributed by atoms with Crippen molar-refractivity contribution < 1.29 is 4.74 Å². The molecule has 0 saturated heterocycles. The highest BCUT2D eigenvalue weighted by Gasteiger charge is 2.15. The van der Waals surface area contributed by atoms with Gasteiger partial charge in [0.05, 0.1) is 12.5 Å². The van der Waals surface area contributed by atoms with Gasteiger partial charge in [-0.3, -0.25) is 0 Å². The third-order valence-corrected chi connectivity index (χ3v) is 3.55. The average molecular weight is 280 g/mol. The minimum atomic E-state index is 0.349. The first-order valence-corrected chi connectivity index (χ1v) is 6.76. The minimum Gasteiger partial charge on any atom is -0.383 e. The van der Waals surface area contributed by atoms with Crippen LogP contribution in [0.15, 0.2) is 18.2 Å². The van der Waals surface area contributed by atoms with Gasteiger partial charge in [0.2, 0.25) is 0 Å². The molecule has 0 aliphatic heterocycles. The Kier molecular flexibility index (Phi) is 4.56. The summed E-state index contributed by atoms with van der Waals surface area (Å²) in [6.45, 7) is 5.51. The second-order valence-electron chi connectivity index (χ2n) is 4.47. The maximum atomic E-state index is 5.92. The van der Waals surface area contributed by atoms with Gasteiger partial charge in [-0.25, -0.2) is 0 Å². The van der Waals surface area contributed by atoms with E-state index in [4.69, 9.17) is 16.3 Å². The van der Waals surface area contributed by atoms with E-state index in [0.717, 1.165) is 17.2 Å². The second-order valence-corrected chi connectivity index (χ2v) is 4.73. The Morgan fingerprint density at radius 3 is 2.74 bits per heavy atom. The fraction of sp³-hybridized carbons (Fsp3) is 0.429. The Morgan fingerprint density at radius 1 is 1.26 bits per heavy atom. The highest BCUT2D eigenvalue weighted by Crippen LogP contribution is 2.25. The van der Waals surface area contributed by atoms with Gasteiger partial charge in [-0.15, -0.1) is 21.8 Å². The van der Waals surface area contributed by atoms with Gasteiger partial charge in [-0.05, 0) is 25.0 Å². The molecule has 0 spiro atoms. The zero-order chi connectivity index (χ0) is 13.8. The summed E-state index contributed by atoms with van der Waals surface area (Å²) in [4.78, 5) is 0. The number of rotatable bonds is 5. The molecule has 4 nitrogen and oxygen atoms in total. The van der Waals surface area contributed by atoms with Gasteiger partial charge in [0.1, 0.15) is 5.82 Å². The second kappa shape index (κ2) is 6.17. The van der Waals surface area contributed by atoms with Crippen LogP contribution >= 0.6 is 11.6 Å². The number of benzene rings is 1. The molecule has 5 heteroatoms. The summed E-state index contributed by atoms with van der Waals surface area (Å²) >= 11 is 5.92. The van der Waals surface area contributed by atoms with E-state index in [1.54, 1.807) is 7.11 Å². The quantitative estimate of drug-likeness (QED) is 0.790. The van der Waals surface area contributed by atoms with Gasteiger partial charge in [-0.2, -0.15) is 0 Å². The van der Waals surface area contributed by atoms with E-state index in [2.05, 4.69) is 36.2 Å². The van der Waals surface area contributed by atoms with Crippen molar-refractivity contribution in [2.24, 2.45) is 0 Å². The summed E-state index contributed by atoms with van der Waals surface area (Å²) in [7, 11) is 1.68. The number of ether oxygens (including phenoxy) is 1. The molecule has 0 unspecified atom stereocenters. The molecule has 0 fully saturated rings. The average Bonchev–Trinajstić information content (AvgIpc) is 2.82. The number of hydrogen-bond donors (Lipinski definition) is 0. The molecule has 0 aliphatic carbocycles. The Labute approximate surface area is 118 Å². The van der Waals surface area contributed by atoms with Crippen LogP contribution in [-0.4, -0.2) is 28.5 Å². The number of nitrogens with zero attached hydrogens (tertiary/aromatic N) is 3. The van der Waals surface area contributed by atoms with E-state index in [9.17, 15) is 0 Å². The van der Waals surface area contributed by atoms with Gasteiger partial charge in [-0.1, -0.05) is 18.2 Å². The first-order chi connectivity index (χ1) is 9.19. The number of aromatic nitrogens is 3. The molecule has 2 rings (SSSR count). The fourth-order valence-corrected chi connectivity index (χ4v) is 2.24. The Hall–Kier alpha value is -1.39. The Morgan fingerprint density at radius 2 is 2.05 bits per heavy atom. The molecule has 0 radical (unpaired) electrons. The maximum Gasteiger partial charge on any atom is 0.164 e. The van der Waals surface area contributed by atoms with E-state index in [-0.39, 0.29) is 0 Å². The summed E-state index contributed by atoms with van der Waals surface area (Å²) in [6, 6.07) is 6.19. The number of aryl methyl sites for hydroxylation is 1. The maximum absolute atomic E-state index is 5.92. The lowest BCUT2D eigenvalue weighted by atomic mass is 10.0. The highest BCUT2D eigenvalue weighted by molar-refractivity contribution is 6.16. The SMILES string of the molecule is COCCn1c(CCl)nnc1-c1cccc(C)c1C. The normalized spacial score (nSPS) is 10.9. The number of hydrogen-bond acceptors (Lipinski definition) is 3. The first kappa shape index (κ1) is 14.0. The van der Waals surface area contributed by atoms with E-state index in [1.165, 1.54) is 11.1 Å². The number of methoxy groups -OCH3 is 1.